The second kappa shape index (κ2) is 7.24. The van der Waals surface area contributed by atoms with Crippen molar-refractivity contribution in [3.8, 4) is 0 Å². The van der Waals surface area contributed by atoms with E-state index >= 15 is 0 Å². The summed E-state index contributed by atoms with van der Waals surface area (Å²) in [4.78, 5) is 17.3. The molecule has 1 aliphatic rings. The van der Waals surface area contributed by atoms with Crippen molar-refractivity contribution >= 4 is 11.8 Å². The third-order valence-electron chi connectivity index (χ3n) is 4.07. The Balaban J connectivity index is 1.47. The van der Waals surface area contributed by atoms with Gasteiger partial charge in [-0.05, 0) is 24.1 Å². The average molecular weight is 312 g/mol. The van der Waals surface area contributed by atoms with Gasteiger partial charge in [0.15, 0.2) is 0 Å². The Bertz CT molecular complexity index is 643. The van der Waals surface area contributed by atoms with Crippen molar-refractivity contribution in [3.63, 3.8) is 0 Å². The van der Waals surface area contributed by atoms with Crippen LogP contribution in [0.4, 0.5) is 5.82 Å². The van der Waals surface area contributed by atoms with Crippen LogP contribution in [0.5, 0.6) is 0 Å². The monoisotopic (exact) mass is 312 g/mol. The highest BCUT2D eigenvalue weighted by molar-refractivity contribution is 5.87. The molecule has 2 aromatic rings. The molecule has 2 heterocycles. The number of rotatable bonds is 6. The van der Waals surface area contributed by atoms with Crippen LogP contribution < -0.4 is 4.90 Å². The maximum absolute atomic E-state index is 10.9. The van der Waals surface area contributed by atoms with E-state index in [9.17, 15) is 4.79 Å². The van der Waals surface area contributed by atoms with Gasteiger partial charge in [-0.15, -0.1) is 0 Å². The highest BCUT2D eigenvalue weighted by Crippen LogP contribution is 2.22. The summed E-state index contributed by atoms with van der Waals surface area (Å²) >= 11 is 0. The maximum Gasteiger partial charge on any atom is 0.337 e. The molecule has 0 amide bonds. The van der Waals surface area contributed by atoms with E-state index in [1.165, 1.54) is 11.8 Å². The lowest BCUT2D eigenvalue weighted by Gasteiger charge is -2.17. The van der Waals surface area contributed by atoms with Crippen molar-refractivity contribution < 1.29 is 14.6 Å². The predicted octanol–water partition coefficient (Wildman–Crippen LogP) is 2.82. The molecule has 1 N–H and O–H groups in total. The van der Waals surface area contributed by atoms with E-state index in [4.69, 9.17) is 9.84 Å². The maximum atomic E-state index is 10.9. The standard InChI is InChI=1S/C18H20N2O3/c21-18(22)16-6-7-17(19-10-16)20-9-8-15(11-20)13-23-12-14-4-2-1-3-5-14/h1-7,10,15H,8-9,11-13H2,(H,21,22). The SMILES string of the molecule is O=C(O)c1ccc(N2CCC(COCc3ccccc3)C2)nc1. The number of aromatic nitrogens is 1. The third-order valence-corrected chi connectivity index (χ3v) is 4.07. The van der Waals surface area contributed by atoms with Gasteiger partial charge in [0.25, 0.3) is 0 Å². The first-order valence-corrected chi connectivity index (χ1v) is 7.78. The quantitative estimate of drug-likeness (QED) is 0.888. The van der Waals surface area contributed by atoms with E-state index in [0.717, 1.165) is 31.9 Å². The average Bonchev–Trinajstić information content (AvgIpc) is 3.05. The highest BCUT2D eigenvalue weighted by atomic mass is 16.5. The van der Waals surface area contributed by atoms with Crippen LogP contribution in [0.2, 0.25) is 0 Å². The largest absolute Gasteiger partial charge is 0.478 e. The molecule has 0 saturated carbocycles. The summed E-state index contributed by atoms with van der Waals surface area (Å²) in [6.07, 6.45) is 2.48. The minimum atomic E-state index is -0.947. The molecule has 5 heteroatoms. The van der Waals surface area contributed by atoms with Gasteiger partial charge < -0.3 is 14.7 Å². The molecule has 0 aliphatic carbocycles. The summed E-state index contributed by atoms with van der Waals surface area (Å²) in [6.45, 7) is 3.20. The van der Waals surface area contributed by atoms with Crippen LogP contribution in [-0.4, -0.2) is 35.8 Å². The number of carbonyl (C=O) groups is 1. The number of hydrogen-bond acceptors (Lipinski definition) is 4. The molecule has 1 unspecified atom stereocenters. The molecular weight excluding hydrogens is 292 g/mol. The fourth-order valence-electron chi connectivity index (χ4n) is 2.79. The molecule has 5 nitrogen and oxygen atoms in total. The first-order chi connectivity index (χ1) is 11.2. The minimum absolute atomic E-state index is 0.218. The van der Waals surface area contributed by atoms with Crippen molar-refractivity contribution in [2.24, 2.45) is 5.92 Å². The number of aromatic carboxylic acids is 1. The third kappa shape index (κ3) is 4.07. The Hall–Kier alpha value is -2.40. The summed E-state index contributed by atoms with van der Waals surface area (Å²) < 4.78 is 5.81. The molecule has 120 valence electrons. The first kappa shape index (κ1) is 15.5. The minimum Gasteiger partial charge on any atom is -0.478 e. The number of carboxylic acid groups (broad SMARTS) is 1. The van der Waals surface area contributed by atoms with E-state index in [1.54, 1.807) is 12.1 Å². The van der Waals surface area contributed by atoms with Gasteiger partial charge in [-0.1, -0.05) is 30.3 Å². The van der Waals surface area contributed by atoms with Gasteiger partial charge in [0.2, 0.25) is 0 Å². The Labute approximate surface area is 135 Å². The lowest BCUT2D eigenvalue weighted by atomic mass is 10.1. The number of hydrogen-bond donors (Lipinski definition) is 1. The topological polar surface area (TPSA) is 62.7 Å². The number of pyridine rings is 1. The Kier molecular flexibility index (Phi) is 4.88. The number of anilines is 1. The van der Waals surface area contributed by atoms with E-state index in [2.05, 4.69) is 22.0 Å². The number of nitrogens with zero attached hydrogens (tertiary/aromatic N) is 2. The van der Waals surface area contributed by atoms with Gasteiger partial charge in [-0.2, -0.15) is 0 Å². The van der Waals surface area contributed by atoms with Gasteiger partial charge in [-0.25, -0.2) is 9.78 Å². The molecule has 1 aromatic carbocycles. The summed E-state index contributed by atoms with van der Waals surface area (Å²) in [7, 11) is 0. The smallest absolute Gasteiger partial charge is 0.337 e. The van der Waals surface area contributed by atoms with Gasteiger partial charge in [0.05, 0.1) is 18.8 Å². The molecule has 0 radical (unpaired) electrons. The van der Waals surface area contributed by atoms with Crippen LogP contribution in [0.3, 0.4) is 0 Å². The Morgan fingerprint density at radius 3 is 2.78 bits per heavy atom. The van der Waals surface area contributed by atoms with Crippen LogP contribution >= 0.6 is 0 Å². The Morgan fingerprint density at radius 2 is 2.09 bits per heavy atom. The van der Waals surface area contributed by atoms with Crippen LogP contribution in [0, 0.1) is 5.92 Å². The summed E-state index contributed by atoms with van der Waals surface area (Å²) in [5.41, 5.74) is 1.41. The molecule has 1 aromatic heterocycles. The van der Waals surface area contributed by atoms with Gasteiger partial charge >= 0.3 is 5.97 Å². The number of benzene rings is 1. The van der Waals surface area contributed by atoms with Crippen molar-refractivity contribution in [1.29, 1.82) is 0 Å². The molecular formula is C18H20N2O3. The molecule has 1 saturated heterocycles. The van der Waals surface area contributed by atoms with Crippen LogP contribution in [0.1, 0.15) is 22.3 Å². The van der Waals surface area contributed by atoms with Crippen molar-refractivity contribution in [2.45, 2.75) is 13.0 Å². The summed E-state index contributed by atoms with van der Waals surface area (Å²) in [6, 6.07) is 13.5. The predicted molar refractivity (Wildman–Crippen MR) is 87.6 cm³/mol. The van der Waals surface area contributed by atoms with Gasteiger partial charge in [0, 0.05) is 25.2 Å². The fourth-order valence-corrected chi connectivity index (χ4v) is 2.79. The van der Waals surface area contributed by atoms with Gasteiger partial charge in [0.1, 0.15) is 5.82 Å². The van der Waals surface area contributed by atoms with Crippen LogP contribution in [0.25, 0.3) is 0 Å². The van der Waals surface area contributed by atoms with E-state index in [-0.39, 0.29) is 5.56 Å². The fraction of sp³-hybridized carbons (Fsp3) is 0.333. The molecule has 1 fully saturated rings. The lowest BCUT2D eigenvalue weighted by Crippen LogP contribution is -2.22. The zero-order valence-electron chi connectivity index (χ0n) is 12.9. The van der Waals surface area contributed by atoms with Gasteiger partial charge in [-0.3, -0.25) is 0 Å². The molecule has 3 rings (SSSR count). The molecule has 0 bridgehead atoms. The summed E-state index contributed by atoms with van der Waals surface area (Å²) in [5.74, 6) is 0.373. The Morgan fingerprint density at radius 1 is 1.26 bits per heavy atom. The number of ether oxygens (including phenoxy) is 1. The zero-order chi connectivity index (χ0) is 16.1. The van der Waals surface area contributed by atoms with E-state index in [1.807, 2.05) is 18.2 Å². The molecule has 1 atom stereocenters. The molecule has 0 spiro atoms. The van der Waals surface area contributed by atoms with Crippen LogP contribution in [0.15, 0.2) is 48.7 Å². The number of carboxylic acids is 1. The zero-order valence-corrected chi connectivity index (χ0v) is 12.9. The second-order valence-electron chi connectivity index (χ2n) is 5.81. The van der Waals surface area contributed by atoms with Crippen molar-refractivity contribution in [3.05, 3.63) is 59.8 Å². The van der Waals surface area contributed by atoms with Crippen molar-refractivity contribution in [1.82, 2.24) is 4.98 Å². The highest BCUT2D eigenvalue weighted by Gasteiger charge is 2.23. The normalized spacial score (nSPS) is 17.4. The lowest BCUT2D eigenvalue weighted by molar-refractivity contribution is 0.0696. The second-order valence-corrected chi connectivity index (χ2v) is 5.81. The molecule has 23 heavy (non-hydrogen) atoms. The first-order valence-electron chi connectivity index (χ1n) is 7.78. The van der Waals surface area contributed by atoms with Crippen LogP contribution in [-0.2, 0) is 11.3 Å². The van der Waals surface area contributed by atoms with E-state index < -0.39 is 5.97 Å². The molecule has 1 aliphatic heterocycles. The summed E-state index contributed by atoms with van der Waals surface area (Å²) in [5, 5.41) is 8.90. The van der Waals surface area contributed by atoms with E-state index in [0.29, 0.717) is 12.5 Å². The van der Waals surface area contributed by atoms with Crippen molar-refractivity contribution in [2.75, 3.05) is 24.6 Å².